The molecule has 0 unspecified atom stereocenters. The third-order valence-electron chi connectivity index (χ3n) is 2.64. The van der Waals surface area contributed by atoms with Gasteiger partial charge in [-0.3, -0.25) is 4.79 Å². The van der Waals surface area contributed by atoms with Gasteiger partial charge in [-0.1, -0.05) is 27.2 Å². The van der Waals surface area contributed by atoms with Crippen LogP contribution in [-0.4, -0.2) is 32.0 Å². The lowest BCUT2D eigenvalue weighted by molar-refractivity contribution is -0.117. The molecule has 0 fully saturated rings. The van der Waals surface area contributed by atoms with E-state index in [1.165, 1.54) is 4.68 Å². The van der Waals surface area contributed by atoms with Gasteiger partial charge in [0.25, 0.3) is 0 Å². The number of hydrogen-bond donors (Lipinski definition) is 3. The van der Waals surface area contributed by atoms with Crippen molar-refractivity contribution in [2.24, 2.45) is 5.73 Å². The lowest BCUT2D eigenvalue weighted by Crippen LogP contribution is -2.22. The highest BCUT2D eigenvalue weighted by Crippen LogP contribution is 2.15. The van der Waals surface area contributed by atoms with Crippen LogP contribution < -0.4 is 11.1 Å². The molecule has 4 N–H and O–H groups in total. The van der Waals surface area contributed by atoms with Crippen LogP contribution in [0.2, 0.25) is 0 Å². The standard InChI is InChI=1S/C12H12BrN5O3/c13-7-2-1-3-8(4-7)15-10(19)6-18-9(5-14)11(12(20)21)16-17-18/h1-4H,5-6,14H2,(H,15,19)(H,20,21). The monoisotopic (exact) mass is 353 g/mol. The van der Waals surface area contributed by atoms with Gasteiger partial charge in [0.05, 0.1) is 5.69 Å². The number of aromatic nitrogens is 3. The minimum atomic E-state index is -1.23. The van der Waals surface area contributed by atoms with Crippen LogP contribution in [0.15, 0.2) is 28.7 Å². The number of carbonyl (C=O) groups is 2. The summed E-state index contributed by atoms with van der Waals surface area (Å²) in [5, 5.41) is 18.8. The zero-order valence-corrected chi connectivity index (χ0v) is 12.4. The molecule has 1 heterocycles. The number of carbonyl (C=O) groups excluding carboxylic acids is 1. The van der Waals surface area contributed by atoms with Gasteiger partial charge in [0, 0.05) is 16.7 Å². The number of benzene rings is 1. The number of aromatic carboxylic acids is 1. The number of nitrogens with zero attached hydrogens (tertiary/aromatic N) is 3. The van der Waals surface area contributed by atoms with Gasteiger partial charge in [-0.25, -0.2) is 9.48 Å². The number of hydrogen-bond acceptors (Lipinski definition) is 5. The molecule has 0 saturated carbocycles. The molecule has 0 aliphatic heterocycles. The van der Waals surface area contributed by atoms with E-state index in [9.17, 15) is 9.59 Å². The number of amides is 1. The maximum absolute atomic E-state index is 11.9. The Kier molecular flexibility index (Phi) is 4.66. The molecule has 1 aromatic heterocycles. The van der Waals surface area contributed by atoms with E-state index in [1.54, 1.807) is 18.2 Å². The molecule has 2 aromatic rings. The molecule has 0 radical (unpaired) electrons. The lowest BCUT2D eigenvalue weighted by Gasteiger charge is -2.07. The van der Waals surface area contributed by atoms with E-state index < -0.39 is 5.97 Å². The second-order valence-corrected chi connectivity index (χ2v) is 5.03. The molecule has 0 spiro atoms. The molecular weight excluding hydrogens is 342 g/mol. The fourth-order valence-electron chi connectivity index (χ4n) is 1.73. The maximum atomic E-state index is 11.9. The number of anilines is 1. The van der Waals surface area contributed by atoms with Crippen molar-refractivity contribution in [3.63, 3.8) is 0 Å². The SMILES string of the molecule is NCc1c(C(=O)O)nnn1CC(=O)Nc1cccc(Br)c1. The Bertz CT molecular complexity index is 685. The summed E-state index contributed by atoms with van der Waals surface area (Å²) < 4.78 is 2.01. The van der Waals surface area contributed by atoms with E-state index >= 15 is 0 Å². The maximum Gasteiger partial charge on any atom is 0.358 e. The van der Waals surface area contributed by atoms with E-state index in [0.29, 0.717) is 5.69 Å². The van der Waals surface area contributed by atoms with Gasteiger partial charge in [-0.15, -0.1) is 5.10 Å². The molecule has 8 nitrogen and oxygen atoms in total. The average Bonchev–Trinajstić information content (AvgIpc) is 2.81. The highest BCUT2D eigenvalue weighted by Gasteiger charge is 2.19. The summed E-state index contributed by atoms with van der Waals surface area (Å²) in [4.78, 5) is 22.9. The molecule has 0 atom stereocenters. The van der Waals surface area contributed by atoms with Crippen LogP contribution in [-0.2, 0) is 17.9 Å². The largest absolute Gasteiger partial charge is 0.476 e. The molecule has 1 aromatic carbocycles. The van der Waals surface area contributed by atoms with E-state index in [1.807, 2.05) is 6.07 Å². The van der Waals surface area contributed by atoms with Crippen LogP contribution >= 0.6 is 15.9 Å². The Labute approximate surface area is 128 Å². The molecule has 21 heavy (non-hydrogen) atoms. The summed E-state index contributed by atoms with van der Waals surface area (Å²) in [6.07, 6.45) is 0. The highest BCUT2D eigenvalue weighted by molar-refractivity contribution is 9.10. The summed E-state index contributed by atoms with van der Waals surface area (Å²) >= 11 is 3.30. The Morgan fingerprint density at radius 2 is 2.19 bits per heavy atom. The predicted octanol–water partition coefficient (Wildman–Crippen LogP) is 0.836. The van der Waals surface area contributed by atoms with Gasteiger partial charge < -0.3 is 16.2 Å². The van der Waals surface area contributed by atoms with Crippen LogP contribution in [0.3, 0.4) is 0 Å². The van der Waals surface area contributed by atoms with Gasteiger partial charge in [-0.2, -0.15) is 0 Å². The smallest absolute Gasteiger partial charge is 0.358 e. The Hall–Kier alpha value is -2.26. The van der Waals surface area contributed by atoms with Crippen molar-refractivity contribution >= 4 is 33.5 Å². The highest BCUT2D eigenvalue weighted by atomic mass is 79.9. The second-order valence-electron chi connectivity index (χ2n) is 4.11. The Morgan fingerprint density at radius 3 is 2.81 bits per heavy atom. The minimum absolute atomic E-state index is 0.0706. The molecule has 0 bridgehead atoms. The molecule has 110 valence electrons. The van der Waals surface area contributed by atoms with Crippen molar-refractivity contribution in [1.82, 2.24) is 15.0 Å². The zero-order valence-electron chi connectivity index (χ0n) is 10.8. The fourth-order valence-corrected chi connectivity index (χ4v) is 2.13. The van der Waals surface area contributed by atoms with E-state index in [2.05, 4.69) is 31.6 Å². The van der Waals surface area contributed by atoms with Gasteiger partial charge in [0.15, 0.2) is 5.69 Å². The quantitative estimate of drug-likeness (QED) is 0.731. The number of carboxylic acids is 1. The lowest BCUT2D eigenvalue weighted by atomic mass is 10.3. The molecule has 0 aliphatic carbocycles. The molecule has 0 saturated heterocycles. The van der Waals surface area contributed by atoms with Crippen LogP contribution in [0.4, 0.5) is 5.69 Å². The van der Waals surface area contributed by atoms with Crippen LogP contribution in [0.1, 0.15) is 16.2 Å². The first kappa shape index (κ1) is 15.1. The molecule has 2 rings (SSSR count). The number of rotatable bonds is 5. The molecule has 0 aliphatic rings. The van der Waals surface area contributed by atoms with Crippen LogP contribution in [0, 0.1) is 0 Å². The van der Waals surface area contributed by atoms with Crippen molar-refractivity contribution in [2.75, 3.05) is 5.32 Å². The summed E-state index contributed by atoms with van der Waals surface area (Å²) in [7, 11) is 0. The number of nitrogens with one attached hydrogen (secondary N) is 1. The van der Waals surface area contributed by atoms with Gasteiger partial charge >= 0.3 is 5.97 Å². The topological polar surface area (TPSA) is 123 Å². The minimum Gasteiger partial charge on any atom is -0.476 e. The van der Waals surface area contributed by atoms with Crippen molar-refractivity contribution in [2.45, 2.75) is 13.1 Å². The van der Waals surface area contributed by atoms with Crippen molar-refractivity contribution in [3.05, 3.63) is 40.1 Å². The van der Waals surface area contributed by atoms with Gasteiger partial charge in [0.2, 0.25) is 5.91 Å². The average molecular weight is 354 g/mol. The predicted molar refractivity (Wildman–Crippen MR) is 77.6 cm³/mol. The first-order chi connectivity index (χ1) is 10.0. The zero-order chi connectivity index (χ0) is 15.4. The van der Waals surface area contributed by atoms with Crippen LogP contribution in [0.25, 0.3) is 0 Å². The second kappa shape index (κ2) is 6.46. The number of nitrogens with two attached hydrogens (primary N) is 1. The third-order valence-corrected chi connectivity index (χ3v) is 3.13. The molecular formula is C12H12BrN5O3. The van der Waals surface area contributed by atoms with Crippen molar-refractivity contribution in [1.29, 1.82) is 0 Å². The number of halogens is 1. The summed E-state index contributed by atoms with van der Waals surface area (Å²) in [6.45, 7) is -0.238. The first-order valence-corrected chi connectivity index (χ1v) is 6.71. The summed E-state index contributed by atoms with van der Waals surface area (Å²) in [5.74, 6) is -1.58. The van der Waals surface area contributed by atoms with E-state index in [-0.39, 0.29) is 30.4 Å². The number of carboxylic acid groups (broad SMARTS) is 1. The van der Waals surface area contributed by atoms with Gasteiger partial charge in [-0.05, 0) is 18.2 Å². The van der Waals surface area contributed by atoms with Crippen molar-refractivity contribution < 1.29 is 14.7 Å². The normalized spacial score (nSPS) is 10.4. The van der Waals surface area contributed by atoms with E-state index in [0.717, 1.165) is 4.47 Å². The van der Waals surface area contributed by atoms with Crippen molar-refractivity contribution in [3.8, 4) is 0 Å². The molecule has 1 amide bonds. The Morgan fingerprint density at radius 1 is 1.43 bits per heavy atom. The van der Waals surface area contributed by atoms with Gasteiger partial charge in [0.1, 0.15) is 6.54 Å². The fraction of sp³-hybridized carbons (Fsp3) is 0.167. The summed E-state index contributed by atoms with van der Waals surface area (Å²) in [6, 6.07) is 7.09. The van der Waals surface area contributed by atoms with Crippen LogP contribution in [0.5, 0.6) is 0 Å². The first-order valence-electron chi connectivity index (χ1n) is 5.92. The summed E-state index contributed by atoms with van der Waals surface area (Å²) in [5.41, 5.74) is 6.05. The third kappa shape index (κ3) is 3.64. The molecule has 9 heteroatoms. The van der Waals surface area contributed by atoms with E-state index in [4.69, 9.17) is 10.8 Å². The Balaban J connectivity index is 2.11.